The molecular weight excluding hydrogens is 358 g/mol. The summed E-state index contributed by atoms with van der Waals surface area (Å²) in [6, 6.07) is -2.26. The molecule has 25 heavy (non-hydrogen) atoms. The predicted molar refractivity (Wildman–Crippen MR) is 80.6 cm³/mol. The Morgan fingerprint density at radius 3 is 2.56 bits per heavy atom. The number of hydroxylamine groups is 2. The van der Waals surface area contributed by atoms with Crippen molar-refractivity contribution in [1.29, 1.82) is 0 Å². The highest BCUT2D eigenvalue weighted by atomic mass is 32.3. The number of amides is 4. The summed E-state index contributed by atoms with van der Waals surface area (Å²) >= 11 is 0. The third-order valence-electron chi connectivity index (χ3n) is 4.54. The predicted octanol–water partition coefficient (Wildman–Crippen LogP) is -2.25. The van der Waals surface area contributed by atoms with Crippen LogP contribution >= 0.6 is 0 Å². The van der Waals surface area contributed by atoms with Crippen LogP contribution in [0.15, 0.2) is 0 Å². The van der Waals surface area contributed by atoms with Crippen LogP contribution in [0.2, 0.25) is 0 Å². The maximum Gasteiger partial charge on any atom is 0.418 e. The van der Waals surface area contributed by atoms with E-state index in [-0.39, 0.29) is 24.8 Å². The number of nitrogens with zero attached hydrogens (tertiary/aromatic N) is 2. The second-order valence-corrected chi connectivity index (χ2v) is 7.18. The first-order valence-corrected chi connectivity index (χ1v) is 9.20. The van der Waals surface area contributed by atoms with Crippen LogP contribution in [0.1, 0.15) is 19.3 Å². The molecule has 140 valence electrons. The van der Waals surface area contributed by atoms with E-state index in [1.54, 1.807) is 0 Å². The molecule has 0 aromatic rings. The Morgan fingerprint density at radius 1 is 1.20 bits per heavy atom. The summed E-state index contributed by atoms with van der Waals surface area (Å²) < 4.78 is 34.7. The molecule has 3 aliphatic rings. The van der Waals surface area contributed by atoms with Gasteiger partial charge in [-0.2, -0.15) is 13.5 Å². The molecule has 2 unspecified atom stereocenters. The summed E-state index contributed by atoms with van der Waals surface area (Å²) in [4.78, 5) is 37.5. The fourth-order valence-electron chi connectivity index (χ4n) is 3.29. The topological polar surface area (TPSA) is 157 Å². The lowest BCUT2D eigenvalue weighted by atomic mass is 10.0. The standard InChI is InChI=1S/C12H19N5O7S/c18-10(7-3-4-13-5-7)14-15-11(19)9-2-1-8-6-16(9)12(20)17(8)24-25(21,22)23/h7-9,13H,1-6H2,(H,14,18)(H,15,19)(H,21,22,23)/t7?,8?,9-/m0/s1. The molecule has 3 fully saturated rings. The lowest BCUT2D eigenvalue weighted by molar-refractivity contribution is -0.133. The largest absolute Gasteiger partial charge is 0.418 e. The second kappa shape index (κ2) is 6.74. The first kappa shape index (κ1) is 17.8. The van der Waals surface area contributed by atoms with Crippen LogP contribution in [0.25, 0.3) is 0 Å². The fraction of sp³-hybridized carbons (Fsp3) is 0.750. The zero-order chi connectivity index (χ0) is 18.2. The third-order valence-corrected chi connectivity index (χ3v) is 4.89. The molecule has 3 atom stereocenters. The molecule has 2 bridgehead atoms. The van der Waals surface area contributed by atoms with Crippen molar-refractivity contribution in [3.63, 3.8) is 0 Å². The van der Waals surface area contributed by atoms with Crippen molar-refractivity contribution in [3.05, 3.63) is 0 Å². The molecule has 0 aromatic heterocycles. The molecule has 0 spiro atoms. The normalized spacial score (nSPS) is 29.0. The summed E-state index contributed by atoms with van der Waals surface area (Å²) in [5, 5.41) is 3.60. The number of piperidine rings is 1. The highest BCUT2D eigenvalue weighted by Crippen LogP contribution is 2.30. The molecule has 0 saturated carbocycles. The van der Waals surface area contributed by atoms with Crippen molar-refractivity contribution >= 4 is 28.2 Å². The fourth-order valence-corrected chi connectivity index (χ4v) is 3.68. The van der Waals surface area contributed by atoms with E-state index >= 15 is 0 Å². The van der Waals surface area contributed by atoms with Crippen LogP contribution in [-0.2, 0) is 24.3 Å². The van der Waals surface area contributed by atoms with Gasteiger partial charge in [-0.3, -0.25) is 25.0 Å². The molecule has 3 heterocycles. The lowest BCUT2D eigenvalue weighted by Crippen LogP contribution is -2.55. The molecule has 3 aliphatic heterocycles. The van der Waals surface area contributed by atoms with Gasteiger partial charge in [-0.1, -0.05) is 0 Å². The van der Waals surface area contributed by atoms with Crippen LogP contribution in [0.3, 0.4) is 0 Å². The monoisotopic (exact) mass is 377 g/mol. The van der Waals surface area contributed by atoms with E-state index in [4.69, 9.17) is 4.55 Å². The minimum absolute atomic E-state index is 0.0902. The van der Waals surface area contributed by atoms with Gasteiger partial charge in [0, 0.05) is 13.1 Å². The summed E-state index contributed by atoms with van der Waals surface area (Å²) in [5.74, 6) is -1.10. The molecule has 13 heteroatoms. The number of carbonyl (C=O) groups excluding carboxylic acids is 3. The van der Waals surface area contributed by atoms with Gasteiger partial charge in [-0.25, -0.2) is 4.79 Å². The van der Waals surface area contributed by atoms with E-state index in [2.05, 4.69) is 20.5 Å². The summed E-state index contributed by atoms with van der Waals surface area (Å²) in [6.07, 6.45) is 1.27. The first-order valence-electron chi connectivity index (χ1n) is 7.83. The number of rotatable bonds is 4. The van der Waals surface area contributed by atoms with E-state index in [1.165, 1.54) is 0 Å². The quantitative estimate of drug-likeness (QED) is 0.316. The lowest BCUT2D eigenvalue weighted by Gasteiger charge is -2.29. The maximum atomic E-state index is 12.3. The van der Waals surface area contributed by atoms with Gasteiger partial charge in [0.1, 0.15) is 6.04 Å². The Bertz CT molecular complexity index is 677. The Kier molecular flexibility index (Phi) is 4.81. The molecular formula is C12H19N5O7S. The Morgan fingerprint density at radius 2 is 1.92 bits per heavy atom. The molecule has 0 aliphatic carbocycles. The number of hydrogen-bond acceptors (Lipinski definition) is 7. The number of urea groups is 1. The summed E-state index contributed by atoms with van der Waals surface area (Å²) in [5.41, 5.74) is 4.66. The van der Waals surface area contributed by atoms with E-state index in [0.717, 1.165) is 11.4 Å². The molecule has 0 aromatic carbocycles. The Hall–Kier alpha value is -1.96. The van der Waals surface area contributed by atoms with Crippen molar-refractivity contribution in [3.8, 4) is 0 Å². The van der Waals surface area contributed by atoms with Crippen LogP contribution in [-0.4, -0.2) is 72.5 Å². The summed E-state index contributed by atoms with van der Waals surface area (Å²) in [7, 11) is -4.83. The smallest absolute Gasteiger partial charge is 0.316 e. The summed E-state index contributed by atoms with van der Waals surface area (Å²) in [6.45, 7) is 1.37. The van der Waals surface area contributed by atoms with Gasteiger partial charge in [-0.15, -0.1) is 4.28 Å². The maximum absolute atomic E-state index is 12.3. The van der Waals surface area contributed by atoms with Gasteiger partial charge >= 0.3 is 16.4 Å². The van der Waals surface area contributed by atoms with E-state index in [9.17, 15) is 22.8 Å². The van der Waals surface area contributed by atoms with E-state index < -0.39 is 34.4 Å². The van der Waals surface area contributed by atoms with Crippen molar-refractivity contribution in [2.45, 2.75) is 31.3 Å². The van der Waals surface area contributed by atoms with Crippen molar-refractivity contribution < 1.29 is 31.6 Å². The zero-order valence-electron chi connectivity index (χ0n) is 13.2. The highest BCUT2D eigenvalue weighted by Gasteiger charge is 2.49. The molecule has 4 amide bonds. The van der Waals surface area contributed by atoms with Gasteiger partial charge in [0.25, 0.3) is 5.91 Å². The average molecular weight is 377 g/mol. The van der Waals surface area contributed by atoms with Gasteiger partial charge < -0.3 is 10.2 Å². The zero-order valence-corrected chi connectivity index (χ0v) is 14.0. The molecule has 0 radical (unpaired) electrons. The van der Waals surface area contributed by atoms with Gasteiger partial charge in [0.2, 0.25) is 5.91 Å². The highest BCUT2D eigenvalue weighted by molar-refractivity contribution is 7.80. The number of nitrogens with one attached hydrogen (secondary N) is 3. The van der Waals surface area contributed by atoms with E-state index in [0.29, 0.717) is 24.4 Å². The minimum Gasteiger partial charge on any atom is -0.316 e. The molecule has 3 saturated heterocycles. The van der Waals surface area contributed by atoms with Gasteiger partial charge in [0.15, 0.2) is 0 Å². The molecule has 12 nitrogen and oxygen atoms in total. The number of hydrogen-bond donors (Lipinski definition) is 4. The third kappa shape index (κ3) is 3.84. The van der Waals surface area contributed by atoms with Crippen molar-refractivity contribution in [1.82, 2.24) is 26.1 Å². The van der Waals surface area contributed by atoms with Crippen LogP contribution in [0.5, 0.6) is 0 Å². The SMILES string of the molecule is O=C(NNC(=O)[C@@H]1CCC2CN1C(=O)N2OS(=O)(=O)O)C1CCNC1. The van der Waals surface area contributed by atoms with E-state index in [1.807, 2.05) is 0 Å². The Labute approximate surface area is 143 Å². The number of carbonyl (C=O) groups is 3. The van der Waals surface area contributed by atoms with Crippen LogP contribution in [0.4, 0.5) is 4.79 Å². The van der Waals surface area contributed by atoms with Crippen LogP contribution < -0.4 is 16.2 Å². The first-order chi connectivity index (χ1) is 11.8. The van der Waals surface area contributed by atoms with Gasteiger partial charge in [0.05, 0.1) is 12.0 Å². The van der Waals surface area contributed by atoms with Gasteiger partial charge in [-0.05, 0) is 25.8 Å². The number of fused-ring (bicyclic) bond motifs is 2. The van der Waals surface area contributed by atoms with Crippen LogP contribution in [0, 0.1) is 5.92 Å². The minimum atomic E-state index is -4.83. The second-order valence-electron chi connectivity index (χ2n) is 6.18. The number of hydrazine groups is 1. The van der Waals surface area contributed by atoms with Crippen molar-refractivity contribution in [2.24, 2.45) is 5.92 Å². The average Bonchev–Trinajstić information content (AvgIpc) is 3.16. The Balaban J connectivity index is 1.57. The molecule has 3 rings (SSSR count). The molecule has 4 N–H and O–H groups in total. The van der Waals surface area contributed by atoms with Crippen molar-refractivity contribution in [2.75, 3.05) is 19.6 Å².